The van der Waals surface area contributed by atoms with Crippen LogP contribution >= 0.6 is 0 Å². The van der Waals surface area contributed by atoms with Gasteiger partial charge in [-0.1, -0.05) is 6.07 Å². The average molecular weight is 278 g/mol. The van der Waals surface area contributed by atoms with E-state index in [4.69, 9.17) is 19.3 Å². The molecule has 6 heteroatoms. The first-order valence-corrected chi connectivity index (χ1v) is 6.05. The summed E-state index contributed by atoms with van der Waals surface area (Å²) in [4.78, 5) is 21.6. The molecule has 0 radical (unpaired) electrons. The molecule has 0 bridgehead atoms. The molecule has 0 aliphatic carbocycles. The highest BCUT2D eigenvalue weighted by atomic mass is 16.7. The van der Waals surface area contributed by atoms with Crippen molar-refractivity contribution in [3.05, 3.63) is 35.9 Å². The Labute approximate surface area is 115 Å². The maximum atomic E-state index is 11.3. The number of carbonyl (C=O) groups is 2. The molecule has 0 saturated carbocycles. The van der Waals surface area contributed by atoms with Gasteiger partial charge in [-0.05, 0) is 24.6 Å². The van der Waals surface area contributed by atoms with E-state index in [2.05, 4.69) is 0 Å². The molecular weight excluding hydrogens is 264 g/mol. The second-order valence-electron chi connectivity index (χ2n) is 4.31. The predicted octanol–water partition coefficient (Wildman–Crippen LogP) is 1.53. The van der Waals surface area contributed by atoms with Gasteiger partial charge in [0.1, 0.15) is 6.10 Å². The first-order chi connectivity index (χ1) is 9.54. The zero-order valence-corrected chi connectivity index (χ0v) is 10.9. The number of hydrogen-bond donors (Lipinski definition) is 1. The third-order valence-electron chi connectivity index (χ3n) is 2.64. The van der Waals surface area contributed by atoms with E-state index in [1.165, 1.54) is 0 Å². The minimum atomic E-state index is -1.19. The fraction of sp³-hybridized carbons (Fsp3) is 0.286. The quantitative estimate of drug-likeness (QED) is 0.649. The number of carbonyl (C=O) groups excluding carboxylic acids is 1. The minimum Gasteiger partial charge on any atom is -0.478 e. The molecule has 0 amide bonds. The first kappa shape index (κ1) is 13.9. The fourth-order valence-corrected chi connectivity index (χ4v) is 1.82. The number of carboxylic acid groups (broad SMARTS) is 1. The molecule has 6 nitrogen and oxygen atoms in total. The molecule has 20 heavy (non-hydrogen) atoms. The van der Waals surface area contributed by atoms with Crippen LogP contribution in [0.25, 0.3) is 0 Å². The third kappa shape index (κ3) is 3.74. The molecule has 1 aromatic carbocycles. The van der Waals surface area contributed by atoms with Crippen LogP contribution < -0.4 is 9.47 Å². The van der Waals surface area contributed by atoms with Gasteiger partial charge in [0, 0.05) is 18.6 Å². The largest absolute Gasteiger partial charge is 0.478 e. The van der Waals surface area contributed by atoms with E-state index < -0.39 is 11.9 Å². The van der Waals surface area contributed by atoms with Gasteiger partial charge in [-0.3, -0.25) is 0 Å². The normalized spacial score (nSPS) is 14.2. The molecule has 0 fully saturated rings. The smallest absolute Gasteiger partial charge is 0.331 e. The van der Waals surface area contributed by atoms with E-state index in [-0.39, 0.29) is 12.9 Å². The van der Waals surface area contributed by atoms with Gasteiger partial charge in [-0.2, -0.15) is 0 Å². The topological polar surface area (TPSA) is 82.1 Å². The summed E-state index contributed by atoms with van der Waals surface area (Å²) in [7, 11) is 0. The summed E-state index contributed by atoms with van der Waals surface area (Å²) in [5, 5.41) is 8.40. The van der Waals surface area contributed by atoms with Crippen molar-refractivity contribution in [2.75, 3.05) is 6.79 Å². The molecule has 1 aliphatic rings. The number of benzene rings is 1. The third-order valence-corrected chi connectivity index (χ3v) is 2.64. The van der Waals surface area contributed by atoms with Crippen LogP contribution in [-0.2, 0) is 20.7 Å². The van der Waals surface area contributed by atoms with E-state index >= 15 is 0 Å². The SMILES string of the molecule is CC(Cc1ccc2c(c1)OCO2)OC(=O)/C=C\C(=O)O. The summed E-state index contributed by atoms with van der Waals surface area (Å²) in [5.41, 5.74) is 0.941. The molecular formula is C14H14O6. The van der Waals surface area contributed by atoms with Crippen molar-refractivity contribution in [2.45, 2.75) is 19.4 Å². The summed E-state index contributed by atoms with van der Waals surface area (Å²) in [6.07, 6.45) is 1.76. The molecule has 1 unspecified atom stereocenters. The summed E-state index contributed by atoms with van der Waals surface area (Å²) in [6, 6.07) is 5.50. The zero-order chi connectivity index (χ0) is 14.5. The highest BCUT2D eigenvalue weighted by Gasteiger charge is 2.15. The number of esters is 1. The highest BCUT2D eigenvalue weighted by Crippen LogP contribution is 2.32. The van der Waals surface area contributed by atoms with Crippen LogP contribution in [-0.4, -0.2) is 29.9 Å². The Bertz CT molecular complexity index is 549. The maximum Gasteiger partial charge on any atom is 0.331 e. The van der Waals surface area contributed by atoms with Gasteiger partial charge in [0.25, 0.3) is 0 Å². The van der Waals surface area contributed by atoms with Crippen molar-refractivity contribution in [1.82, 2.24) is 0 Å². The van der Waals surface area contributed by atoms with Crippen LogP contribution in [0.1, 0.15) is 12.5 Å². The van der Waals surface area contributed by atoms with Crippen LogP contribution in [0.4, 0.5) is 0 Å². The van der Waals surface area contributed by atoms with Crippen LogP contribution in [0.5, 0.6) is 11.5 Å². The lowest BCUT2D eigenvalue weighted by Gasteiger charge is -2.12. The molecule has 106 valence electrons. The minimum absolute atomic E-state index is 0.212. The van der Waals surface area contributed by atoms with E-state index in [0.717, 1.165) is 17.7 Å². The number of fused-ring (bicyclic) bond motifs is 1. The number of carboxylic acids is 1. The standard InChI is InChI=1S/C14H14O6/c1-9(20-14(17)5-4-13(15)16)6-10-2-3-11-12(7-10)19-8-18-11/h2-5,7,9H,6,8H2,1H3,(H,15,16)/b5-4-. The van der Waals surface area contributed by atoms with Crippen LogP contribution in [0, 0.1) is 0 Å². The number of rotatable bonds is 5. The van der Waals surface area contributed by atoms with Crippen molar-refractivity contribution in [1.29, 1.82) is 0 Å². The van der Waals surface area contributed by atoms with Gasteiger partial charge in [-0.25, -0.2) is 9.59 Å². The Kier molecular flexibility index (Phi) is 4.24. The van der Waals surface area contributed by atoms with E-state index in [1.807, 2.05) is 12.1 Å². The second kappa shape index (κ2) is 6.10. The van der Waals surface area contributed by atoms with Crippen molar-refractivity contribution in [3.63, 3.8) is 0 Å². The Balaban J connectivity index is 1.89. The predicted molar refractivity (Wildman–Crippen MR) is 68.6 cm³/mol. The van der Waals surface area contributed by atoms with Crippen LogP contribution in [0.2, 0.25) is 0 Å². The first-order valence-electron chi connectivity index (χ1n) is 6.05. The molecule has 1 atom stereocenters. The van der Waals surface area contributed by atoms with E-state index in [0.29, 0.717) is 17.9 Å². The van der Waals surface area contributed by atoms with E-state index in [9.17, 15) is 9.59 Å². The molecule has 2 rings (SSSR count). The van der Waals surface area contributed by atoms with Gasteiger partial charge in [0.2, 0.25) is 6.79 Å². The zero-order valence-electron chi connectivity index (χ0n) is 10.9. The summed E-state index contributed by atoms with van der Waals surface area (Å²) >= 11 is 0. The lowest BCUT2D eigenvalue weighted by Crippen LogP contribution is -2.16. The molecule has 1 N–H and O–H groups in total. The lowest BCUT2D eigenvalue weighted by atomic mass is 10.1. The average Bonchev–Trinajstić information content (AvgIpc) is 2.83. The van der Waals surface area contributed by atoms with Crippen molar-refractivity contribution < 1.29 is 28.9 Å². The summed E-state index contributed by atoms with van der Waals surface area (Å²) < 4.78 is 15.5. The molecule has 0 saturated heterocycles. The Morgan fingerprint density at radius 2 is 2.10 bits per heavy atom. The number of hydrogen-bond acceptors (Lipinski definition) is 5. The molecule has 0 spiro atoms. The Morgan fingerprint density at radius 3 is 2.85 bits per heavy atom. The van der Waals surface area contributed by atoms with Crippen LogP contribution in [0.15, 0.2) is 30.4 Å². The molecule has 1 aromatic rings. The van der Waals surface area contributed by atoms with Crippen molar-refractivity contribution in [2.24, 2.45) is 0 Å². The van der Waals surface area contributed by atoms with Gasteiger partial charge >= 0.3 is 11.9 Å². The van der Waals surface area contributed by atoms with Crippen molar-refractivity contribution >= 4 is 11.9 Å². The van der Waals surface area contributed by atoms with E-state index in [1.54, 1.807) is 13.0 Å². The highest BCUT2D eigenvalue weighted by molar-refractivity contribution is 5.90. The Hall–Kier alpha value is -2.50. The van der Waals surface area contributed by atoms with Crippen LogP contribution in [0.3, 0.4) is 0 Å². The van der Waals surface area contributed by atoms with Gasteiger partial charge < -0.3 is 19.3 Å². The molecule has 0 aromatic heterocycles. The lowest BCUT2D eigenvalue weighted by molar-refractivity contribution is -0.142. The second-order valence-corrected chi connectivity index (χ2v) is 4.31. The van der Waals surface area contributed by atoms with Gasteiger partial charge in [0.05, 0.1) is 0 Å². The van der Waals surface area contributed by atoms with Gasteiger partial charge in [0.15, 0.2) is 11.5 Å². The molecule has 1 aliphatic heterocycles. The van der Waals surface area contributed by atoms with Crippen molar-refractivity contribution in [3.8, 4) is 11.5 Å². The monoisotopic (exact) mass is 278 g/mol. The fourth-order valence-electron chi connectivity index (χ4n) is 1.82. The summed E-state index contributed by atoms with van der Waals surface area (Å²) in [5.74, 6) is -0.499. The summed E-state index contributed by atoms with van der Waals surface area (Å²) in [6.45, 7) is 1.94. The van der Waals surface area contributed by atoms with Gasteiger partial charge in [-0.15, -0.1) is 0 Å². The number of ether oxygens (including phenoxy) is 3. The Morgan fingerprint density at radius 1 is 1.35 bits per heavy atom. The maximum absolute atomic E-state index is 11.3. The number of aliphatic carboxylic acids is 1. The molecule has 1 heterocycles.